The molecule has 1 aliphatic rings. The SMILES string of the molecule is CC(=O)N1C=C(c2ccccc2)N(N(C(C)=O)[C@@H](Cc2ccccc2)C(=O)n2c(O)cn(C)c2=O)C(=O)C1C(C)C. The van der Waals surface area contributed by atoms with Gasteiger partial charge in [-0.15, -0.1) is 0 Å². The molecule has 1 N–H and O–H groups in total. The molecule has 0 saturated carbocycles. The highest BCUT2D eigenvalue weighted by Crippen LogP contribution is 2.33. The van der Waals surface area contributed by atoms with Crippen molar-refractivity contribution in [3.63, 3.8) is 0 Å². The second kappa shape index (κ2) is 11.7. The molecule has 0 spiro atoms. The van der Waals surface area contributed by atoms with Crippen LogP contribution in [0.5, 0.6) is 5.88 Å². The van der Waals surface area contributed by atoms with Crippen LogP contribution in [0, 0.1) is 5.92 Å². The zero-order valence-electron chi connectivity index (χ0n) is 23.6. The van der Waals surface area contributed by atoms with Crippen LogP contribution in [0.15, 0.2) is 77.9 Å². The van der Waals surface area contributed by atoms with E-state index in [9.17, 15) is 29.1 Å². The van der Waals surface area contributed by atoms with Gasteiger partial charge in [-0.1, -0.05) is 74.5 Å². The van der Waals surface area contributed by atoms with Gasteiger partial charge in [-0.2, -0.15) is 4.57 Å². The van der Waals surface area contributed by atoms with Gasteiger partial charge in [-0.3, -0.25) is 23.7 Å². The van der Waals surface area contributed by atoms with E-state index in [2.05, 4.69) is 0 Å². The molecule has 214 valence electrons. The van der Waals surface area contributed by atoms with Crippen molar-refractivity contribution in [3.05, 3.63) is 94.7 Å². The quantitative estimate of drug-likeness (QED) is 0.475. The molecule has 1 unspecified atom stereocenters. The third-order valence-electron chi connectivity index (χ3n) is 6.96. The molecule has 2 aromatic carbocycles. The second-order valence-electron chi connectivity index (χ2n) is 10.3. The van der Waals surface area contributed by atoms with E-state index in [-0.39, 0.29) is 23.9 Å². The van der Waals surface area contributed by atoms with Crippen LogP contribution in [0.1, 0.15) is 43.6 Å². The van der Waals surface area contributed by atoms with Crippen molar-refractivity contribution in [2.75, 3.05) is 0 Å². The first-order chi connectivity index (χ1) is 19.4. The minimum atomic E-state index is -1.42. The molecular weight excluding hydrogens is 526 g/mol. The first kappa shape index (κ1) is 29.1. The fourth-order valence-electron chi connectivity index (χ4n) is 5.06. The molecule has 1 aliphatic heterocycles. The van der Waals surface area contributed by atoms with E-state index >= 15 is 0 Å². The minimum Gasteiger partial charge on any atom is -0.493 e. The average molecular weight is 560 g/mol. The van der Waals surface area contributed by atoms with Gasteiger partial charge < -0.3 is 10.0 Å². The van der Waals surface area contributed by atoms with Gasteiger partial charge in [0.1, 0.15) is 12.1 Å². The topological polar surface area (TPSA) is 125 Å². The van der Waals surface area contributed by atoms with Gasteiger partial charge >= 0.3 is 5.69 Å². The van der Waals surface area contributed by atoms with Gasteiger partial charge in [0.2, 0.25) is 17.7 Å². The van der Waals surface area contributed by atoms with Crippen LogP contribution in [-0.4, -0.2) is 64.9 Å². The zero-order valence-corrected chi connectivity index (χ0v) is 23.6. The predicted octanol–water partition coefficient (Wildman–Crippen LogP) is 2.62. The lowest BCUT2D eigenvalue weighted by molar-refractivity contribution is -0.165. The summed E-state index contributed by atoms with van der Waals surface area (Å²) in [5.41, 5.74) is 0.571. The number of nitrogens with zero attached hydrogens (tertiary/aromatic N) is 5. The molecule has 0 saturated heterocycles. The number of carbonyl (C=O) groups excluding carboxylic acids is 4. The van der Waals surface area contributed by atoms with E-state index in [0.29, 0.717) is 15.7 Å². The molecule has 2 heterocycles. The maximum atomic E-state index is 14.3. The summed E-state index contributed by atoms with van der Waals surface area (Å²) in [6, 6.07) is 15.2. The number of carbonyl (C=O) groups is 4. The van der Waals surface area contributed by atoms with Crippen LogP contribution in [0.25, 0.3) is 5.70 Å². The van der Waals surface area contributed by atoms with E-state index in [4.69, 9.17) is 0 Å². The van der Waals surface area contributed by atoms with Crippen LogP contribution in [0.2, 0.25) is 0 Å². The summed E-state index contributed by atoms with van der Waals surface area (Å²) >= 11 is 0. The normalized spacial score (nSPS) is 16.0. The number of aryl methyl sites for hydroxylation is 1. The molecule has 0 bridgehead atoms. The van der Waals surface area contributed by atoms with Gasteiger partial charge in [0.25, 0.3) is 11.8 Å². The molecule has 4 rings (SSSR count). The maximum Gasteiger partial charge on any atom is 0.337 e. The molecule has 3 aromatic rings. The van der Waals surface area contributed by atoms with Crippen molar-refractivity contribution < 1.29 is 24.3 Å². The smallest absolute Gasteiger partial charge is 0.337 e. The molecule has 2 atom stereocenters. The Morgan fingerprint density at radius 3 is 2.02 bits per heavy atom. The Morgan fingerprint density at radius 2 is 1.54 bits per heavy atom. The largest absolute Gasteiger partial charge is 0.493 e. The van der Waals surface area contributed by atoms with Crippen LogP contribution in [0.4, 0.5) is 0 Å². The molecular formula is C30H33N5O6. The number of hydrogen-bond acceptors (Lipinski definition) is 6. The number of rotatable bonds is 7. The van der Waals surface area contributed by atoms with Gasteiger partial charge in [-0.05, 0) is 11.5 Å². The molecule has 0 aliphatic carbocycles. The number of imidazole rings is 1. The highest BCUT2D eigenvalue weighted by Gasteiger charge is 2.46. The summed E-state index contributed by atoms with van der Waals surface area (Å²) in [4.78, 5) is 68.9. The Balaban J connectivity index is 1.98. The third kappa shape index (κ3) is 5.56. The lowest BCUT2D eigenvalue weighted by Crippen LogP contribution is -2.64. The Hall–Kier alpha value is -4.93. The third-order valence-corrected chi connectivity index (χ3v) is 6.96. The highest BCUT2D eigenvalue weighted by molar-refractivity contribution is 5.99. The Bertz CT molecular complexity index is 1560. The van der Waals surface area contributed by atoms with E-state index in [1.165, 1.54) is 32.0 Å². The summed E-state index contributed by atoms with van der Waals surface area (Å²) in [6.07, 6.45) is 2.53. The van der Waals surface area contributed by atoms with Crippen molar-refractivity contribution in [3.8, 4) is 5.88 Å². The van der Waals surface area contributed by atoms with Crippen molar-refractivity contribution >= 4 is 29.3 Å². The van der Waals surface area contributed by atoms with E-state index in [0.717, 1.165) is 20.8 Å². The molecule has 41 heavy (non-hydrogen) atoms. The van der Waals surface area contributed by atoms with Gasteiger partial charge in [0.15, 0.2) is 0 Å². The van der Waals surface area contributed by atoms with Crippen LogP contribution < -0.4 is 5.69 Å². The van der Waals surface area contributed by atoms with Crippen LogP contribution >= 0.6 is 0 Å². The monoisotopic (exact) mass is 559 g/mol. The second-order valence-corrected chi connectivity index (χ2v) is 10.3. The molecule has 0 fully saturated rings. The number of hydrogen-bond donors (Lipinski definition) is 1. The zero-order chi connectivity index (χ0) is 30.0. The average Bonchev–Trinajstić information content (AvgIpc) is 3.19. The van der Waals surface area contributed by atoms with Gasteiger partial charge in [0.05, 0.1) is 11.9 Å². The van der Waals surface area contributed by atoms with E-state index < -0.39 is 41.4 Å². The summed E-state index contributed by atoms with van der Waals surface area (Å²) in [5.74, 6) is -3.46. The predicted molar refractivity (Wildman–Crippen MR) is 151 cm³/mol. The first-order valence-electron chi connectivity index (χ1n) is 13.2. The van der Waals surface area contributed by atoms with Crippen LogP contribution in [0.3, 0.4) is 0 Å². The van der Waals surface area contributed by atoms with Crippen molar-refractivity contribution in [2.45, 2.75) is 46.2 Å². The highest BCUT2D eigenvalue weighted by atomic mass is 16.3. The Morgan fingerprint density at radius 1 is 0.951 bits per heavy atom. The van der Waals surface area contributed by atoms with Gasteiger partial charge in [-0.25, -0.2) is 14.8 Å². The molecule has 1 aromatic heterocycles. The number of hydrazine groups is 1. The van der Waals surface area contributed by atoms with E-state index in [1.54, 1.807) is 74.5 Å². The fourth-order valence-corrected chi connectivity index (χ4v) is 5.06. The number of amides is 3. The Labute approximate surface area is 237 Å². The molecule has 11 heteroatoms. The number of aromatic nitrogens is 2. The van der Waals surface area contributed by atoms with E-state index in [1.807, 2.05) is 0 Å². The van der Waals surface area contributed by atoms with Crippen molar-refractivity contribution in [1.29, 1.82) is 0 Å². The summed E-state index contributed by atoms with van der Waals surface area (Å²) < 4.78 is 1.64. The van der Waals surface area contributed by atoms with Crippen molar-refractivity contribution in [2.24, 2.45) is 13.0 Å². The maximum absolute atomic E-state index is 14.3. The summed E-state index contributed by atoms with van der Waals surface area (Å²) in [7, 11) is 1.38. The number of benzene rings is 2. The summed E-state index contributed by atoms with van der Waals surface area (Å²) in [6.45, 7) is 6.14. The minimum absolute atomic E-state index is 0.0748. The summed E-state index contributed by atoms with van der Waals surface area (Å²) in [5, 5.41) is 12.7. The number of aromatic hydroxyl groups is 1. The molecule has 3 amide bonds. The fraction of sp³-hybridized carbons (Fsp3) is 0.300. The first-order valence-corrected chi connectivity index (χ1v) is 13.2. The standard InChI is InChI=1S/C30H33N5O6/c1-19(2)27-29(40)35(25(17-32(27)20(3)36)23-14-10-7-11-15-23)34(21(4)37)24(16-22-12-8-6-9-13-22)28(39)33-26(38)18-31(5)30(33)41/h6-15,17-19,24,27,38H,16H2,1-5H3/t24-,27?/m0/s1. The van der Waals surface area contributed by atoms with Crippen molar-refractivity contribution in [1.82, 2.24) is 24.1 Å². The van der Waals surface area contributed by atoms with Gasteiger partial charge in [0, 0.05) is 39.1 Å². The molecule has 11 nitrogen and oxygen atoms in total. The van der Waals surface area contributed by atoms with Crippen LogP contribution in [-0.2, 0) is 27.9 Å². The lowest BCUT2D eigenvalue weighted by atomic mass is 9.97. The molecule has 0 radical (unpaired) electrons. The Kier molecular flexibility index (Phi) is 8.27. The lowest BCUT2D eigenvalue weighted by Gasteiger charge is -2.46.